The lowest BCUT2D eigenvalue weighted by molar-refractivity contribution is 0.197. The standard InChI is InChI=1S/C12H18N4O2/c1-4-5-16-11(10(18-3)6-14-16)12(17)9-7-15(2)8-13-9/h6-8,12,17H,4-5H2,1-3H3. The molecule has 1 N–H and O–H groups in total. The predicted octanol–water partition coefficient (Wildman–Crippen LogP) is 1.12. The fourth-order valence-corrected chi connectivity index (χ4v) is 1.92. The molecular formula is C12H18N4O2. The molecule has 2 aromatic heterocycles. The van der Waals surface area contributed by atoms with Crippen molar-refractivity contribution in [2.24, 2.45) is 7.05 Å². The van der Waals surface area contributed by atoms with Crippen molar-refractivity contribution >= 4 is 0 Å². The van der Waals surface area contributed by atoms with Gasteiger partial charge in [0.05, 0.1) is 25.3 Å². The summed E-state index contributed by atoms with van der Waals surface area (Å²) in [5, 5.41) is 14.6. The number of aromatic nitrogens is 4. The summed E-state index contributed by atoms with van der Waals surface area (Å²) in [5.74, 6) is 0.585. The number of methoxy groups -OCH3 is 1. The zero-order chi connectivity index (χ0) is 13.1. The third-order valence-corrected chi connectivity index (χ3v) is 2.76. The van der Waals surface area contributed by atoms with Crippen molar-refractivity contribution in [3.8, 4) is 5.75 Å². The van der Waals surface area contributed by atoms with Gasteiger partial charge in [-0.1, -0.05) is 6.92 Å². The van der Waals surface area contributed by atoms with Gasteiger partial charge in [0.2, 0.25) is 0 Å². The Hall–Kier alpha value is -1.82. The summed E-state index contributed by atoms with van der Waals surface area (Å²) >= 11 is 0. The highest BCUT2D eigenvalue weighted by molar-refractivity contribution is 5.31. The van der Waals surface area contributed by atoms with Crippen molar-refractivity contribution in [2.75, 3.05) is 7.11 Å². The molecule has 6 nitrogen and oxygen atoms in total. The number of nitrogens with zero attached hydrogens (tertiary/aromatic N) is 4. The van der Waals surface area contributed by atoms with E-state index in [4.69, 9.17) is 4.74 Å². The van der Waals surface area contributed by atoms with E-state index in [1.54, 1.807) is 35.1 Å². The molecule has 0 amide bonds. The van der Waals surface area contributed by atoms with Gasteiger partial charge in [-0.15, -0.1) is 0 Å². The van der Waals surface area contributed by atoms with Crippen LogP contribution in [0.4, 0.5) is 0 Å². The third kappa shape index (κ3) is 2.24. The van der Waals surface area contributed by atoms with Crippen LogP contribution in [-0.2, 0) is 13.6 Å². The van der Waals surface area contributed by atoms with E-state index in [0.29, 0.717) is 17.1 Å². The monoisotopic (exact) mass is 250 g/mol. The minimum absolute atomic E-state index is 0.585. The molecule has 2 heterocycles. The quantitative estimate of drug-likeness (QED) is 0.863. The van der Waals surface area contributed by atoms with Gasteiger partial charge < -0.3 is 14.4 Å². The van der Waals surface area contributed by atoms with Crippen molar-refractivity contribution in [1.82, 2.24) is 19.3 Å². The van der Waals surface area contributed by atoms with E-state index in [-0.39, 0.29) is 0 Å². The van der Waals surface area contributed by atoms with Crippen molar-refractivity contribution in [2.45, 2.75) is 26.0 Å². The molecule has 0 fully saturated rings. The smallest absolute Gasteiger partial charge is 0.163 e. The van der Waals surface area contributed by atoms with Gasteiger partial charge in [0.1, 0.15) is 11.8 Å². The fraction of sp³-hybridized carbons (Fsp3) is 0.500. The summed E-state index contributed by atoms with van der Waals surface area (Å²) in [6.45, 7) is 2.80. The number of imidazole rings is 1. The molecule has 98 valence electrons. The van der Waals surface area contributed by atoms with Gasteiger partial charge in [-0.3, -0.25) is 4.68 Å². The highest BCUT2D eigenvalue weighted by Crippen LogP contribution is 2.29. The summed E-state index contributed by atoms with van der Waals surface area (Å²) in [6.07, 6.45) is 5.18. The van der Waals surface area contributed by atoms with E-state index in [1.165, 1.54) is 0 Å². The first kappa shape index (κ1) is 12.6. The van der Waals surface area contributed by atoms with Gasteiger partial charge in [0.25, 0.3) is 0 Å². The van der Waals surface area contributed by atoms with Crippen LogP contribution in [-0.4, -0.2) is 31.5 Å². The second-order valence-electron chi connectivity index (χ2n) is 4.19. The lowest BCUT2D eigenvalue weighted by Crippen LogP contribution is -2.11. The Bertz CT molecular complexity index is 518. The first-order valence-corrected chi connectivity index (χ1v) is 5.93. The van der Waals surface area contributed by atoms with Gasteiger partial charge in [0.15, 0.2) is 5.75 Å². The highest BCUT2D eigenvalue weighted by atomic mass is 16.5. The molecule has 0 aliphatic rings. The average molecular weight is 250 g/mol. The number of hydrogen-bond donors (Lipinski definition) is 1. The summed E-state index contributed by atoms with van der Waals surface area (Å²) < 4.78 is 8.80. The molecule has 2 aromatic rings. The molecular weight excluding hydrogens is 232 g/mol. The highest BCUT2D eigenvalue weighted by Gasteiger charge is 2.22. The molecule has 1 unspecified atom stereocenters. The van der Waals surface area contributed by atoms with Crippen LogP contribution in [0.25, 0.3) is 0 Å². The molecule has 6 heteroatoms. The maximum absolute atomic E-state index is 10.4. The topological polar surface area (TPSA) is 65.1 Å². The largest absolute Gasteiger partial charge is 0.493 e. The van der Waals surface area contributed by atoms with E-state index < -0.39 is 6.10 Å². The van der Waals surface area contributed by atoms with Crippen LogP contribution in [0.3, 0.4) is 0 Å². The molecule has 0 spiro atoms. The zero-order valence-electron chi connectivity index (χ0n) is 10.9. The fourth-order valence-electron chi connectivity index (χ4n) is 1.92. The number of ether oxygens (including phenoxy) is 1. The van der Waals surface area contributed by atoms with Gasteiger partial charge >= 0.3 is 0 Å². The van der Waals surface area contributed by atoms with E-state index in [1.807, 2.05) is 7.05 Å². The van der Waals surface area contributed by atoms with Gasteiger partial charge in [-0.25, -0.2) is 4.98 Å². The third-order valence-electron chi connectivity index (χ3n) is 2.76. The molecule has 18 heavy (non-hydrogen) atoms. The number of aliphatic hydroxyl groups is 1. The van der Waals surface area contributed by atoms with Gasteiger partial charge in [0, 0.05) is 19.8 Å². The minimum atomic E-state index is -0.824. The van der Waals surface area contributed by atoms with E-state index in [9.17, 15) is 5.11 Å². The van der Waals surface area contributed by atoms with Crippen molar-refractivity contribution in [1.29, 1.82) is 0 Å². The van der Waals surface area contributed by atoms with Gasteiger partial charge in [-0.05, 0) is 6.42 Å². The number of hydrogen-bond acceptors (Lipinski definition) is 4. The van der Waals surface area contributed by atoms with Gasteiger partial charge in [-0.2, -0.15) is 5.10 Å². The summed E-state index contributed by atoms with van der Waals surface area (Å²) in [4.78, 5) is 4.16. The van der Waals surface area contributed by atoms with Crippen LogP contribution in [0.15, 0.2) is 18.7 Å². The molecule has 0 aliphatic heterocycles. The van der Waals surface area contributed by atoms with Crippen LogP contribution in [0, 0.1) is 0 Å². The molecule has 0 bridgehead atoms. The minimum Gasteiger partial charge on any atom is -0.493 e. The second-order valence-corrected chi connectivity index (χ2v) is 4.19. The first-order valence-electron chi connectivity index (χ1n) is 5.93. The van der Waals surface area contributed by atoms with E-state index in [2.05, 4.69) is 17.0 Å². The number of aliphatic hydroxyl groups excluding tert-OH is 1. The van der Waals surface area contributed by atoms with Crippen LogP contribution < -0.4 is 4.74 Å². The van der Waals surface area contributed by atoms with Crippen LogP contribution in [0.1, 0.15) is 30.8 Å². The Morgan fingerprint density at radius 2 is 2.28 bits per heavy atom. The SMILES string of the molecule is CCCn1ncc(OC)c1C(O)c1cn(C)cn1. The van der Waals surface area contributed by atoms with Crippen LogP contribution in [0.2, 0.25) is 0 Å². The lowest BCUT2D eigenvalue weighted by Gasteiger charge is -2.12. The molecule has 1 atom stereocenters. The zero-order valence-corrected chi connectivity index (χ0v) is 10.9. The molecule has 0 saturated heterocycles. The van der Waals surface area contributed by atoms with Crippen LogP contribution in [0.5, 0.6) is 5.75 Å². The normalized spacial score (nSPS) is 12.7. The first-order chi connectivity index (χ1) is 8.67. The molecule has 0 aromatic carbocycles. The Morgan fingerprint density at radius 3 is 2.83 bits per heavy atom. The molecule has 2 rings (SSSR count). The Balaban J connectivity index is 2.38. The second kappa shape index (κ2) is 5.22. The molecule has 0 aliphatic carbocycles. The van der Waals surface area contributed by atoms with Crippen molar-refractivity contribution in [3.05, 3.63) is 30.1 Å². The maximum atomic E-state index is 10.4. The Labute approximate surface area is 106 Å². The van der Waals surface area contributed by atoms with Crippen molar-refractivity contribution in [3.63, 3.8) is 0 Å². The van der Waals surface area contributed by atoms with Crippen LogP contribution >= 0.6 is 0 Å². The average Bonchev–Trinajstić information content (AvgIpc) is 2.95. The summed E-state index contributed by atoms with van der Waals surface area (Å²) in [5.41, 5.74) is 1.24. The predicted molar refractivity (Wildman–Crippen MR) is 66.3 cm³/mol. The Morgan fingerprint density at radius 1 is 1.50 bits per heavy atom. The summed E-state index contributed by atoms with van der Waals surface area (Å²) in [7, 11) is 3.44. The molecule has 0 saturated carbocycles. The number of rotatable bonds is 5. The summed E-state index contributed by atoms with van der Waals surface area (Å²) in [6, 6.07) is 0. The Kier molecular flexibility index (Phi) is 3.66. The van der Waals surface area contributed by atoms with E-state index >= 15 is 0 Å². The lowest BCUT2D eigenvalue weighted by atomic mass is 10.2. The molecule has 0 radical (unpaired) electrons. The van der Waals surface area contributed by atoms with E-state index in [0.717, 1.165) is 13.0 Å². The van der Waals surface area contributed by atoms with Crippen molar-refractivity contribution < 1.29 is 9.84 Å². The maximum Gasteiger partial charge on any atom is 0.163 e. The number of aryl methyl sites for hydroxylation is 2.